The number of esters is 3. The summed E-state index contributed by atoms with van der Waals surface area (Å²) in [6.07, 6.45) is 78.3. The number of hydrogen-bond donors (Lipinski definition) is 0. The molecule has 0 aliphatic carbocycles. The Kier molecular flexibility index (Phi) is 55.9. The zero-order chi connectivity index (χ0) is 51.4. The molecule has 0 amide bonds. The number of rotatable bonds is 53. The first-order valence-electron chi connectivity index (χ1n) is 29.7. The van der Waals surface area contributed by atoms with Crippen molar-refractivity contribution in [3.8, 4) is 0 Å². The van der Waals surface area contributed by atoms with Gasteiger partial charge in [-0.25, -0.2) is 0 Å². The topological polar surface area (TPSA) is 78.9 Å². The normalized spacial score (nSPS) is 12.8. The van der Waals surface area contributed by atoms with E-state index in [0.717, 1.165) is 141 Å². The van der Waals surface area contributed by atoms with E-state index in [-0.39, 0.29) is 31.1 Å². The van der Waals surface area contributed by atoms with E-state index in [9.17, 15) is 14.4 Å². The highest BCUT2D eigenvalue weighted by Gasteiger charge is 2.19. The van der Waals surface area contributed by atoms with E-state index in [0.29, 0.717) is 19.3 Å². The van der Waals surface area contributed by atoms with Gasteiger partial charge in [0.2, 0.25) is 0 Å². The van der Waals surface area contributed by atoms with Crippen molar-refractivity contribution in [1.82, 2.24) is 0 Å². The van der Waals surface area contributed by atoms with Crippen LogP contribution in [0, 0.1) is 0 Å². The maximum atomic E-state index is 12.8. The highest BCUT2D eigenvalue weighted by Crippen LogP contribution is 2.15. The number of unbranched alkanes of at least 4 members (excludes halogenated alkanes) is 26. The molecular weight excluding hydrogens is 877 g/mol. The van der Waals surface area contributed by atoms with Gasteiger partial charge in [-0.15, -0.1) is 0 Å². The summed E-state index contributed by atoms with van der Waals surface area (Å²) < 4.78 is 16.9. The van der Waals surface area contributed by atoms with E-state index in [4.69, 9.17) is 14.2 Å². The summed E-state index contributed by atoms with van der Waals surface area (Å²) >= 11 is 0. The molecule has 1 unspecified atom stereocenters. The Morgan fingerprint density at radius 3 is 0.915 bits per heavy atom. The van der Waals surface area contributed by atoms with Crippen LogP contribution in [0.1, 0.15) is 278 Å². The van der Waals surface area contributed by atoms with Gasteiger partial charge in [-0.2, -0.15) is 0 Å². The van der Waals surface area contributed by atoms with Crippen LogP contribution in [0.15, 0.2) is 97.2 Å². The highest BCUT2D eigenvalue weighted by molar-refractivity contribution is 5.71. The fraction of sp³-hybridized carbons (Fsp3) is 0.708. The van der Waals surface area contributed by atoms with Gasteiger partial charge in [-0.1, -0.05) is 240 Å². The fourth-order valence-electron chi connectivity index (χ4n) is 8.09. The number of hydrogen-bond acceptors (Lipinski definition) is 6. The average Bonchev–Trinajstić information content (AvgIpc) is 3.37. The molecule has 0 fully saturated rings. The Morgan fingerprint density at radius 2 is 0.577 bits per heavy atom. The smallest absolute Gasteiger partial charge is 0.306 e. The van der Waals surface area contributed by atoms with E-state index in [2.05, 4.69) is 118 Å². The van der Waals surface area contributed by atoms with Gasteiger partial charge in [-0.05, 0) is 116 Å². The molecule has 0 bridgehead atoms. The Morgan fingerprint density at radius 1 is 0.296 bits per heavy atom. The molecule has 0 radical (unpaired) electrons. The van der Waals surface area contributed by atoms with Crippen molar-refractivity contribution in [3.05, 3.63) is 97.2 Å². The highest BCUT2D eigenvalue weighted by atomic mass is 16.6. The van der Waals surface area contributed by atoms with E-state index >= 15 is 0 Å². The second kappa shape index (κ2) is 58.9. The molecule has 0 aromatic carbocycles. The van der Waals surface area contributed by atoms with Crippen molar-refractivity contribution < 1.29 is 28.6 Å². The molecule has 0 aliphatic rings. The molecule has 0 aromatic heterocycles. The van der Waals surface area contributed by atoms with Gasteiger partial charge in [-0.3, -0.25) is 14.4 Å². The molecule has 6 heteroatoms. The van der Waals surface area contributed by atoms with Gasteiger partial charge in [0.25, 0.3) is 0 Å². The van der Waals surface area contributed by atoms with Crippen molar-refractivity contribution in [2.45, 2.75) is 284 Å². The molecule has 406 valence electrons. The summed E-state index contributed by atoms with van der Waals surface area (Å²) in [5.74, 6) is -0.915. The third kappa shape index (κ3) is 57.1. The third-order valence-corrected chi connectivity index (χ3v) is 12.5. The molecule has 0 saturated carbocycles. The Labute approximate surface area is 438 Å². The fourth-order valence-corrected chi connectivity index (χ4v) is 8.09. The predicted molar refractivity (Wildman–Crippen MR) is 307 cm³/mol. The van der Waals surface area contributed by atoms with Gasteiger partial charge in [0.05, 0.1) is 0 Å². The van der Waals surface area contributed by atoms with Crippen molar-refractivity contribution in [2.24, 2.45) is 0 Å². The molecule has 0 aromatic rings. The number of carbonyl (C=O) groups is 3. The largest absolute Gasteiger partial charge is 0.462 e. The molecule has 0 saturated heterocycles. The minimum absolute atomic E-state index is 0.0885. The lowest BCUT2D eigenvalue weighted by atomic mass is 10.0. The Balaban J connectivity index is 4.32. The van der Waals surface area contributed by atoms with E-state index in [1.807, 2.05) is 0 Å². The third-order valence-electron chi connectivity index (χ3n) is 12.5. The Bertz CT molecular complexity index is 1410. The van der Waals surface area contributed by atoms with E-state index in [1.165, 1.54) is 96.3 Å². The molecule has 0 heterocycles. The van der Waals surface area contributed by atoms with Crippen molar-refractivity contribution in [1.29, 1.82) is 0 Å². The molecule has 1 atom stereocenters. The van der Waals surface area contributed by atoms with Gasteiger partial charge >= 0.3 is 17.9 Å². The van der Waals surface area contributed by atoms with Gasteiger partial charge in [0, 0.05) is 19.3 Å². The van der Waals surface area contributed by atoms with Crippen molar-refractivity contribution >= 4 is 17.9 Å². The lowest BCUT2D eigenvalue weighted by Gasteiger charge is -2.18. The number of carbonyl (C=O) groups excluding carboxylic acids is 3. The van der Waals surface area contributed by atoms with Gasteiger partial charge in [0.1, 0.15) is 13.2 Å². The number of ether oxygens (including phenoxy) is 3. The molecule has 71 heavy (non-hydrogen) atoms. The first kappa shape index (κ1) is 67.3. The Hall–Kier alpha value is -3.67. The predicted octanol–water partition coefficient (Wildman–Crippen LogP) is 20.1. The lowest BCUT2D eigenvalue weighted by Crippen LogP contribution is -2.30. The zero-order valence-electron chi connectivity index (χ0n) is 46.5. The van der Waals surface area contributed by atoms with Crippen LogP contribution in [0.5, 0.6) is 0 Å². The molecule has 0 spiro atoms. The molecule has 6 nitrogen and oxygen atoms in total. The van der Waals surface area contributed by atoms with Crippen molar-refractivity contribution in [2.75, 3.05) is 13.2 Å². The maximum Gasteiger partial charge on any atom is 0.306 e. The van der Waals surface area contributed by atoms with E-state index < -0.39 is 6.10 Å². The van der Waals surface area contributed by atoms with Crippen LogP contribution in [0.4, 0.5) is 0 Å². The van der Waals surface area contributed by atoms with Crippen LogP contribution in [-0.2, 0) is 28.6 Å². The van der Waals surface area contributed by atoms with Crippen LogP contribution in [0.3, 0.4) is 0 Å². The maximum absolute atomic E-state index is 12.8. The van der Waals surface area contributed by atoms with Gasteiger partial charge in [0.15, 0.2) is 6.10 Å². The summed E-state index contributed by atoms with van der Waals surface area (Å²) in [7, 11) is 0. The average molecular weight is 988 g/mol. The first-order valence-corrected chi connectivity index (χ1v) is 29.7. The summed E-state index contributed by atoms with van der Waals surface area (Å²) in [5, 5.41) is 0. The van der Waals surface area contributed by atoms with Crippen LogP contribution < -0.4 is 0 Å². The summed E-state index contributed by atoms with van der Waals surface area (Å²) in [4.78, 5) is 38.2. The molecule has 0 aliphatic heterocycles. The minimum atomic E-state index is -0.792. The quantitative estimate of drug-likeness (QED) is 0.0261. The zero-order valence-corrected chi connectivity index (χ0v) is 46.5. The van der Waals surface area contributed by atoms with Crippen LogP contribution in [-0.4, -0.2) is 37.2 Å². The SMILES string of the molecule is CC/C=C\C/C=C\C/C=C\C/C=C\CCCCCCCCCCCCCCC(=O)OCC(COC(=O)CCCCCCC/C=C\C/C=C\CCC)OC(=O)CCCCCCC/C=C\C/C=C\CCCCC. The van der Waals surface area contributed by atoms with Crippen LogP contribution >= 0.6 is 0 Å². The summed E-state index contributed by atoms with van der Waals surface area (Å²) in [6.45, 7) is 6.42. The standard InChI is InChI=1S/C65H110O6/c1-4-7-10-13-16-19-22-25-27-28-29-30-31-32-33-34-35-36-38-40-43-46-49-52-55-58-64(67)70-61-62(60-69-63(66)57-54-51-48-45-42-39-24-21-18-15-12-9-6-3)71-65(68)59-56-53-50-47-44-41-37-26-23-20-17-14-11-8-5-2/h7,10,12,15-17,19-21,24-27,29-30,37,62H,4-6,8-9,11,13-14,18,22-23,28,31-36,38-61H2,1-3H3/b10-7-,15-12-,19-16-,20-17-,24-21-,27-25-,30-29-,37-26-. The van der Waals surface area contributed by atoms with Crippen LogP contribution in [0.25, 0.3) is 0 Å². The molecular formula is C65H110O6. The monoisotopic (exact) mass is 987 g/mol. The second-order valence-corrected chi connectivity index (χ2v) is 19.5. The number of allylic oxidation sites excluding steroid dienone is 16. The minimum Gasteiger partial charge on any atom is -0.462 e. The van der Waals surface area contributed by atoms with Crippen molar-refractivity contribution in [3.63, 3.8) is 0 Å². The van der Waals surface area contributed by atoms with E-state index in [1.54, 1.807) is 0 Å². The molecule has 0 rings (SSSR count). The van der Waals surface area contributed by atoms with Gasteiger partial charge < -0.3 is 14.2 Å². The first-order chi connectivity index (χ1) is 35.0. The molecule has 0 N–H and O–H groups in total. The van der Waals surface area contributed by atoms with Crippen LogP contribution in [0.2, 0.25) is 0 Å². The lowest BCUT2D eigenvalue weighted by molar-refractivity contribution is -0.167. The second-order valence-electron chi connectivity index (χ2n) is 19.5. The summed E-state index contributed by atoms with van der Waals surface area (Å²) in [6, 6.07) is 0. The summed E-state index contributed by atoms with van der Waals surface area (Å²) in [5.41, 5.74) is 0.